The van der Waals surface area contributed by atoms with E-state index in [1.54, 1.807) is 12.4 Å². The minimum Gasteiger partial charge on any atom is -0.385 e. The first-order valence-corrected chi connectivity index (χ1v) is 4.18. The molecule has 1 fully saturated rings. The maximum Gasteiger partial charge on any atom is 0.115 e. The number of hydrogen-bond acceptors (Lipinski definition) is 3. The van der Waals surface area contributed by atoms with E-state index in [-0.39, 0.29) is 0 Å². The molecule has 0 bridgehead atoms. The molecule has 0 atom stereocenters. The third-order valence-electron chi connectivity index (χ3n) is 2.47. The van der Waals surface area contributed by atoms with Crippen molar-refractivity contribution in [3.63, 3.8) is 0 Å². The SMILES string of the molecule is CC1CC(O)(c2cncnc2)C1. The van der Waals surface area contributed by atoms with Crippen LogP contribution in [0.3, 0.4) is 0 Å². The van der Waals surface area contributed by atoms with E-state index in [4.69, 9.17) is 0 Å². The second-order valence-electron chi connectivity index (χ2n) is 3.67. The second-order valence-corrected chi connectivity index (χ2v) is 3.67. The molecule has 1 N–H and O–H groups in total. The lowest BCUT2D eigenvalue weighted by Gasteiger charge is -2.41. The van der Waals surface area contributed by atoms with Gasteiger partial charge in [0.1, 0.15) is 6.33 Å². The van der Waals surface area contributed by atoms with Crippen LogP contribution in [0.2, 0.25) is 0 Å². The Morgan fingerprint density at radius 2 is 2.00 bits per heavy atom. The van der Waals surface area contributed by atoms with E-state index in [1.165, 1.54) is 6.33 Å². The van der Waals surface area contributed by atoms with Crippen LogP contribution in [0.5, 0.6) is 0 Å². The van der Waals surface area contributed by atoms with Gasteiger partial charge in [-0.05, 0) is 18.8 Å². The summed E-state index contributed by atoms with van der Waals surface area (Å²) in [6, 6.07) is 0. The predicted octanol–water partition coefficient (Wildman–Crippen LogP) is 1.09. The first-order chi connectivity index (χ1) is 5.71. The van der Waals surface area contributed by atoms with Crippen molar-refractivity contribution in [2.75, 3.05) is 0 Å². The van der Waals surface area contributed by atoms with Crippen LogP contribution in [-0.4, -0.2) is 15.1 Å². The summed E-state index contributed by atoms with van der Waals surface area (Å²) in [5, 5.41) is 9.97. The topological polar surface area (TPSA) is 46.0 Å². The number of aliphatic hydroxyl groups is 1. The Kier molecular flexibility index (Phi) is 1.61. The summed E-state index contributed by atoms with van der Waals surface area (Å²) in [7, 11) is 0. The minimum atomic E-state index is -0.638. The Morgan fingerprint density at radius 1 is 1.42 bits per heavy atom. The van der Waals surface area contributed by atoms with Gasteiger partial charge in [0, 0.05) is 18.0 Å². The van der Waals surface area contributed by atoms with Crippen LogP contribution in [0.25, 0.3) is 0 Å². The third kappa shape index (κ3) is 1.10. The first-order valence-electron chi connectivity index (χ1n) is 4.18. The van der Waals surface area contributed by atoms with E-state index in [0.717, 1.165) is 18.4 Å². The number of nitrogens with zero attached hydrogens (tertiary/aromatic N) is 2. The lowest BCUT2D eigenvalue weighted by Crippen LogP contribution is -2.39. The lowest BCUT2D eigenvalue weighted by atomic mass is 9.69. The van der Waals surface area contributed by atoms with Crippen molar-refractivity contribution < 1.29 is 5.11 Å². The minimum absolute atomic E-state index is 0.621. The first kappa shape index (κ1) is 7.68. The summed E-state index contributed by atoms with van der Waals surface area (Å²) in [4.78, 5) is 7.77. The molecule has 0 unspecified atom stereocenters. The molecule has 1 aliphatic carbocycles. The molecule has 2 rings (SSSR count). The molecule has 1 heterocycles. The van der Waals surface area contributed by atoms with Crippen LogP contribution in [0, 0.1) is 5.92 Å². The fraction of sp³-hybridized carbons (Fsp3) is 0.556. The fourth-order valence-electron chi connectivity index (χ4n) is 1.87. The van der Waals surface area contributed by atoms with E-state index in [0.29, 0.717) is 5.92 Å². The molecular formula is C9H12N2O. The maximum absolute atomic E-state index is 9.97. The van der Waals surface area contributed by atoms with E-state index in [2.05, 4.69) is 16.9 Å². The number of aromatic nitrogens is 2. The van der Waals surface area contributed by atoms with Crippen molar-refractivity contribution in [1.82, 2.24) is 9.97 Å². The van der Waals surface area contributed by atoms with Crippen molar-refractivity contribution in [2.24, 2.45) is 5.92 Å². The highest BCUT2D eigenvalue weighted by atomic mass is 16.3. The summed E-state index contributed by atoms with van der Waals surface area (Å²) in [6.45, 7) is 2.14. The van der Waals surface area contributed by atoms with Gasteiger partial charge in [0.2, 0.25) is 0 Å². The van der Waals surface area contributed by atoms with Crippen molar-refractivity contribution >= 4 is 0 Å². The maximum atomic E-state index is 9.97. The molecule has 0 spiro atoms. The summed E-state index contributed by atoms with van der Waals surface area (Å²) >= 11 is 0. The van der Waals surface area contributed by atoms with E-state index < -0.39 is 5.60 Å². The molecule has 3 nitrogen and oxygen atoms in total. The van der Waals surface area contributed by atoms with Gasteiger partial charge in [-0.1, -0.05) is 6.92 Å². The van der Waals surface area contributed by atoms with Crippen molar-refractivity contribution in [1.29, 1.82) is 0 Å². The highest BCUT2D eigenvalue weighted by Crippen LogP contribution is 2.44. The molecule has 0 radical (unpaired) electrons. The van der Waals surface area contributed by atoms with Crippen LogP contribution in [0.4, 0.5) is 0 Å². The average molecular weight is 164 g/mol. The third-order valence-corrected chi connectivity index (χ3v) is 2.47. The molecule has 1 aromatic rings. The molecule has 1 aromatic heterocycles. The Morgan fingerprint density at radius 3 is 2.50 bits per heavy atom. The molecule has 3 heteroatoms. The second kappa shape index (κ2) is 2.52. The summed E-state index contributed by atoms with van der Waals surface area (Å²) in [5.74, 6) is 0.621. The molecular weight excluding hydrogens is 152 g/mol. The number of hydrogen-bond donors (Lipinski definition) is 1. The van der Waals surface area contributed by atoms with Gasteiger partial charge in [0.25, 0.3) is 0 Å². The fourth-order valence-corrected chi connectivity index (χ4v) is 1.87. The van der Waals surface area contributed by atoms with Crippen molar-refractivity contribution in [3.8, 4) is 0 Å². The Hall–Kier alpha value is -0.960. The summed E-state index contributed by atoms with van der Waals surface area (Å²) < 4.78 is 0. The lowest BCUT2D eigenvalue weighted by molar-refractivity contribution is -0.0743. The Labute approximate surface area is 71.5 Å². The van der Waals surface area contributed by atoms with Gasteiger partial charge in [0.15, 0.2) is 0 Å². The molecule has 0 aromatic carbocycles. The normalized spacial score (nSPS) is 34.3. The van der Waals surface area contributed by atoms with E-state index >= 15 is 0 Å². The monoisotopic (exact) mass is 164 g/mol. The molecule has 0 aliphatic heterocycles. The largest absolute Gasteiger partial charge is 0.385 e. The Bertz CT molecular complexity index is 267. The van der Waals surface area contributed by atoms with Gasteiger partial charge in [0.05, 0.1) is 5.60 Å². The van der Waals surface area contributed by atoms with Crippen molar-refractivity contribution in [3.05, 3.63) is 24.3 Å². The molecule has 1 aliphatic rings. The highest BCUT2D eigenvalue weighted by molar-refractivity contribution is 5.18. The molecule has 1 saturated carbocycles. The van der Waals surface area contributed by atoms with E-state index in [1.807, 2.05) is 0 Å². The van der Waals surface area contributed by atoms with Gasteiger partial charge in [-0.25, -0.2) is 9.97 Å². The van der Waals surface area contributed by atoms with Crippen LogP contribution < -0.4 is 0 Å². The molecule has 0 amide bonds. The van der Waals surface area contributed by atoms with Gasteiger partial charge in [-0.3, -0.25) is 0 Å². The zero-order valence-corrected chi connectivity index (χ0v) is 7.07. The highest BCUT2D eigenvalue weighted by Gasteiger charge is 2.41. The van der Waals surface area contributed by atoms with Gasteiger partial charge < -0.3 is 5.11 Å². The van der Waals surface area contributed by atoms with Gasteiger partial charge in [-0.2, -0.15) is 0 Å². The molecule has 0 saturated heterocycles. The quantitative estimate of drug-likeness (QED) is 0.676. The summed E-state index contributed by atoms with van der Waals surface area (Å²) in [6.07, 6.45) is 6.54. The number of rotatable bonds is 1. The standard InChI is InChI=1S/C9H12N2O/c1-7-2-9(12,3-7)8-4-10-6-11-5-8/h4-7,12H,2-3H2,1H3. The van der Waals surface area contributed by atoms with Gasteiger partial charge >= 0.3 is 0 Å². The summed E-state index contributed by atoms with van der Waals surface area (Å²) in [5.41, 5.74) is 0.212. The predicted molar refractivity (Wildman–Crippen MR) is 44.3 cm³/mol. The van der Waals surface area contributed by atoms with Crippen LogP contribution in [-0.2, 0) is 5.60 Å². The van der Waals surface area contributed by atoms with Crippen LogP contribution in [0.15, 0.2) is 18.7 Å². The Balaban J connectivity index is 2.21. The van der Waals surface area contributed by atoms with Gasteiger partial charge in [-0.15, -0.1) is 0 Å². The van der Waals surface area contributed by atoms with E-state index in [9.17, 15) is 5.11 Å². The average Bonchev–Trinajstić information content (AvgIpc) is 2.04. The molecule has 64 valence electrons. The van der Waals surface area contributed by atoms with Crippen molar-refractivity contribution in [2.45, 2.75) is 25.4 Å². The van der Waals surface area contributed by atoms with Crippen LogP contribution in [0.1, 0.15) is 25.3 Å². The molecule has 12 heavy (non-hydrogen) atoms. The smallest absolute Gasteiger partial charge is 0.115 e. The van der Waals surface area contributed by atoms with Crippen LogP contribution >= 0.6 is 0 Å². The zero-order valence-electron chi connectivity index (χ0n) is 7.07. The zero-order chi connectivity index (χ0) is 8.60.